The molecule has 2 amide bonds. The molecule has 3 aromatic rings. The van der Waals surface area contributed by atoms with Crippen molar-refractivity contribution in [1.82, 2.24) is 14.8 Å². The summed E-state index contributed by atoms with van der Waals surface area (Å²) >= 11 is 1.43. The molecule has 1 aliphatic rings. The number of aromatic nitrogens is 1. The van der Waals surface area contributed by atoms with Crippen molar-refractivity contribution in [3.8, 4) is 0 Å². The van der Waals surface area contributed by atoms with E-state index in [-0.39, 0.29) is 17.7 Å². The van der Waals surface area contributed by atoms with Gasteiger partial charge in [-0.15, -0.1) is 11.3 Å². The van der Waals surface area contributed by atoms with Gasteiger partial charge in [0.15, 0.2) is 5.13 Å². The molecule has 0 radical (unpaired) electrons. The fraction of sp³-hybridized carbons (Fsp3) is 0.346. The van der Waals surface area contributed by atoms with Crippen molar-refractivity contribution in [2.75, 3.05) is 25.5 Å². The molecule has 1 N–H and O–H groups in total. The van der Waals surface area contributed by atoms with Crippen LogP contribution >= 0.6 is 11.3 Å². The fourth-order valence-corrected chi connectivity index (χ4v) is 4.82. The number of hydrogen-bond acceptors (Lipinski definition) is 5. The molecule has 2 heterocycles. The van der Waals surface area contributed by atoms with Crippen LogP contribution in [0.3, 0.4) is 0 Å². The molecule has 1 aromatic heterocycles. The molecule has 0 aliphatic carbocycles. The first-order valence-electron chi connectivity index (χ1n) is 11.3. The normalized spacial score (nSPS) is 14.2. The van der Waals surface area contributed by atoms with E-state index in [1.54, 1.807) is 10.3 Å². The molecule has 0 atom stereocenters. The quantitative estimate of drug-likeness (QED) is 0.559. The lowest BCUT2D eigenvalue weighted by Crippen LogP contribution is -2.43. The number of hydrogen-bond donors (Lipinski definition) is 1. The third-order valence-electron chi connectivity index (χ3n) is 6.25. The third kappa shape index (κ3) is 5.60. The van der Waals surface area contributed by atoms with Crippen molar-refractivity contribution in [2.45, 2.75) is 33.2 Å². The van der Waals surface area contributed by atoms with E-state index in [1.165, 1.54) is 22.5 Å². The first-order valence-corrected chi connectivity index (χ1v) is 12.2. The molecule has 0 saturated carbocycles. The summed E-state index contributed by atoms with van der Waals surface area (Å²) in [5, 5.41) is 5.80. The number of aryl methyl sites for hydroxylation is 2. The SMILES string of the molecule is Cc1ccc(Nc2nc(C(=O)N3CCC(C(=O)N(C)Cc4ccccc4)CC3)cs2)cc1C. The van der Waals surface area contributed by atoms with Crippen molar-refractivity contribution < 1.29 is 9.59 Å². The first-order chi connectivity index (χ1) is 15.9. The summed E-state index contributed by atoms with van der Waals surface area (Å²) in [4.78, 5) is 33.9. The molecule has 6 nitrogen and oxygen atoms in total. The number of nitrogens with one attached hydrogen (secondary N) is 1. The standard InChI is InChI=1S/C26H30N4O2S/c1-18-9-10-22(15-19(18)2)27-26-28-23(17-33-26)25(32)30-13-11-21(12-14-30)24(31)29(3)16-20-7-5-4-6-8-20/h4-10,15,17,21H,11-14,16H2,1-3H3,(H,27,28). The lowest BCUT2D eigenvalue weighted by atomic mass is 9.95. The topological polar surface area (TPSA) is 65.5 Å². The minimum atomic E-state index is -0.0667. The largest absolute Gasteiger partial charge is 0.341 e. The zero-order valence-electron chi connectivity index (χ0n) is 19.4. The second-order valence-electron chi connectivity index (χ2n) is 8.71. The number of carbonyl (C=O) groups is 2. The Morgan fingerprint density at radius 2 is 1.82 bits per heavy atom. The van der Waals surface area contributed by atoms with Crippen LogP contribution in [0.2, 0.25) is 0 Å². The van der Waals surface area contributed by atoms with Gasteiger partial charge in [-0.05, 0) is 55.5 Å². The van der Waals surface area contributed by atoms with Crippen LogP contribution in [0.5, 0.6) is 0 Å². The maximum absolute atomic E-state index is 13.0. The molecule has 172 valence electrons. The molecule has 0 spiro atoms. The Kier molecular flexibility index (Phi) is 7.08. The number of nitrogens with zero attached hydrogens (tertiary/aromatic N) is 3. The summed E-state index contributed by atoms with van der Waals surface area (Å²) in [5.41, 5.74) is 4.99. The smallest absolute Gasteiger partial charge is 0.273 e. The molecule has 1 aliphatic heterocycles. The number of benzene rings is 2. The van der Waals surface area contributed by atoms with Crippen LogP contribution in [0.4, 0.5) is 10.8 Å². The van der Waals surface area contributed by atoms with E-state index in [2.05, 4.69) is 36.3 Å². The van der Waals surface area contributed by atoms with Crippen LogP contribution in [-0.2, 0) is 11.3 Å². The molecule has 7 heteroatoms. The van der Waals surface area contributed by atoms with E-state index in [0.717, 1.165) is 11.3 Å². The average Bonchev–Trinajstić information content (AvgIpc) is 3.29. The summed E-state index contributed by atoms with van der Waals surface area (Å²) in [6.45, 7) is 5.91. The summed E-state index contributed by atoms with van der Waals surface area (Å²) in [6, 6.07) is 16.2. The van der Waals surface area contributed by atoms with E-state index in [9.17, 15) is 9.59 Å². The minimum Gasteiger partial charge on any atom is -0.341 e. The van der Waals surface area contributed by atoms with E-state index in [0.29, 0.717) is 43.3 Å². The van der Waals surface area contributed by atoms with E-state index in [1.807, 2.05) is 48.3 Å². The Balaban J connectivity index is 1.30. The van der Waals surface area contributed by atoms with E-state index >= 15 is 0 Å². The van der Waals surface area contributed by atoms with Crippen molar-refractivity contribution in [3.05, 3.63) is 76.3 Å². The predicted octanol–water partition coefficient (Wildman–Crippen LogP) is 5.01. The van der Waals surface area contributed by atoms with Gasteiger partial charge in [0.25, 0.3) is 5.91 Å². The van der Waals surface area contributed by atoms with Crippen molar-refractivity contribution in [2.24, 2.45) is 5.92 Å². The second-order valence-corrected chi connectivity index (χ2v) is 9.57. The second kappa shape index (κ2) is 10.2. The van der Waals surface area contributed by atoms with Crippen LogP contribution in [0.15, 0.2) is 53.9 Å². The molecule has 2 aromatic carbocycles. The number of carbonyl (C=O) groups excluding carboxylic acids is 2. The van der Waals surface area contributed by atoms with Gasteiger partial charge in [0, 0.05) is 43.7 Å². The lowest BCUT2D eigenvalue weighted by Gasteiger charge is -2.33. The van der Waals surface area contributed by atoms with Crippen molar-refractivity contribution in [3.63, 3.8) is 0 Å². The van der Waals surface area contributed by atoms with Gasteiger partial charge in [-0.2, -0.15) is 0 Å². The highest BCUT2D eigenvalue weighted by Gasteiger charge is 2.30. The van der Waals surface area contributed by atoms with Gasteiger partial charge < -0.3 is 15.1 Å². The Morgan fingerprint density at radius 1 is 1.09 bits per heavy atom. The van der Waals surface area contributed by atoms with Crippen molar-refractivity contribution in [1.29, 1.82) is 0 Å². The average molecular weight is 463 g/mol. The number of rotatable bonds is 6. The number of amides is 2. The number of thiazole rings is 1. The van der Waals surface area contributed by atoms with Gasteiger partial charge in [0.2, 0.25) is 5.91 Å². The lowest BCUT2D eigenvalue weighted by molar-refractivity contribution is -0.136. The highest BCUT2D eigenvalue weighted by Crippen LogP contribution is 2.25. The zero-order valence-corrected chi connectivity index (χ0v) is 20.2. The monoisotopic (exact) mass is 462 g/mol. The van der Waals surface area contributed by atoms with Gasteiger partial charge in [-0.3, -0.25) is 9.59 Å². The van der Waals surface area contributed by atoms with Crippen LogP contribution in [0.25, 0.3) is 0 Å². The van der Waals surface area contributed by atoms with Crippen LogP contribution in [-0.4, -0.2) is 46.7 Å². The van der Waals surface area contributed by atoms with E-state index < -0.39 is 0 Å². The van der Waals surface area contributed by atoms with Gasteiger partial charge in [-0.25, -0.2) is 4.98 Å². The molecule has 4 rings (SSSR count). The highest BCUT2D eigenvalue weighted by atomic mass is 32.1. The predicted molar refractivity (Wildman–Crippen MR) is 133 cm³/mol. The van der Waals surface area contributed by atoms with Gasteiger partial charge in [0.05, 0.1) is 0 Å². The molecular weight excluding hydrogens is 432 g/mol. The Labute approximate surface area is 199 Å². The van der Waals surface area contributed by atoms with Crippen LogP contribution in [0, 0.1) is 19.8 Å². The van der Waals surface area contributed by atoms with Gasteiger partial charge in [-0.1, -0.05) is 36.4 Å². The molecule has 33 heavy (non-hydrogen) atoms. The first kappa shape index (κ1) is 23.0. The Hall–Kier alpha value is -3.19. The van der Waals surface area contributed by atoms with Crippen LogP contribution < -0.4 is 5.32 Å². The summed E-state index contributed by atoms with van der Waals surface area (Å²) in [6.07, 6.45) is 1.36. The summed E-state index contributed by atoms with van der Waals surface area (Å²) < 4.78 is 0. The molecule has 1 saturated heterocycles. The maximum atomic E-state index is 13.0. The van der Waals surface area contributed by atoms with Gasteiger partial charge in [0.1, 0.15) is 5.69 Å². The number of anilines is 2. The molecule has 0 bridgehead atoms. The number of piperidine rings is 1. The minimum absolute atomic E-state index is 0.0415. The third-order valence-corrected chi connectivity index (χ3v) is 7.01. The molecule has 0 unspecified atom stereocenters. The summed E-state index contributed by atoms with van der Waals surface area (Å²) in [7, 11) is 1.85. The highest BCUT2D eigenvalue weighted by molar-refractivity contribution is 7.14. The molecule has 1 fully saturated rings. The number of likely N-dealkylation sites (tertiary alicyclic amines) is 1. The Morgan fingerprint density at radius 3 is 2.52 bits per heavy atom. The Bertz CT molecular complexity index is 1120. The molecular formula is C26H30N4O2S. The zero-order chi connectivity index (χ0) is 23.4. The summed E-state index contributed by atoms with van der Waals surface area (Å²) in [5.74, 6) is 0.0441. The van der Waals surface area contributed by atoms with E-state index in [4.69, 9.17) is 0 Å². The van der Waals surface area contributed by atoms with Crippen molar-refractivity contribution >= 4 is 34.0 Å². The van der Waals surface area contributed by atoms with Crippen LogP contribution in [0.1, 0.15) is 40.0 Å². The maximum Gasteiger partial charge on any atom is 0.273 e. The fourth-order valence-electron chi connectivity index (χ4n) is 4.11. The van der Waals surface area contributed by atoms with Gasteiger partial charge >= 0.3 is 0 Å².